The average Bonchev–Trinajstić information content (AvgIpc) is 2.71. The van der Waals surface area contributed by atoms with E-state index in [4.69, 9.17) is 10.8 Å². The zero-order valence-electron chi connectivity index (χ0n) is 10.4. The van der Waals surface area contributed by atoms with E-state index in [0.717, 1.165) is 31.4 Å². The van der Waals surface area contributed by atoms with Crippen LogP contribution in [0.25, 0.3) is 0 Å². The molecule has 1 aliphatic carbocycles. The molecule has 0 saturated carbocycles. The highest BCUT2D eigenvalue weighted by molar-refractivity contribution is 5.47. The second-order valence-electron chi connectivity index (χ2n) is 4.83. The third-order valence-electron chi connectivity index (χ3n) is 3.65. The molecule has 2 atom stereocenters. The molecule has 3 heteroatoms. The van der Waals surface area contributed by atoms with Gasteiger partial charge >= 0.3 is 0 Å². The van der Waals surface area contributed by atoms with Crippen LogP contribution in [0, 0.1) is 0 Å². The van der Waals surface area contributed by atoms with Crippen LogP contribution in [0.2, 0.25) is 0 Å². The lowest BCUT2D eigenvalue weighted by Gasteiger charge is -2.22. The zero-order valence-corrected chi connectivity index (χ0v) is 10.4. The first kappa shape index (κ1) is 12.4. The van der Waals surface area contributed by atoms with Crippen molar-refractivity contribution in [2.24, 2.45) is 0 Å². The van der Waals surface area contributed by atoms with Gasteiger partial charge in [0.15, 0.2) is 0 Å². The summed E-state index contributed by atoms with van der Waals surface area (Å²) < 4.78 is 0. The lowest BCUT2D eigenvalue weighted by Crippen LogP contribution is -2.32. The number of nitrogen functional groups attached to an aromatic ring is 1. The van der Waals surface area contributed by atoms with E-state index in [2.05, 4.69) is 24.4 Å². The maximum absolute atomic E-state index is 9.02. The number of aliphatic hydroxyl groups is 1. The first-order valence-electron chi connectivity index (χ1n) is 6.49. The van der Waals surface area contributed by atoms with Gasteiger partial charge in [0.1, 0.15) is 0 Å². The van der Waals surface area contributed by atoms with E-state index in [-0.39, 0.29) is 6.61 Å². The fourth-order valence-corrected chi connectivity index (χ4v) is 2.66. The van der Waals surface area contributed by atoms with Crippen LogP contribution in [-0.2, 0) is 6.42 Å². The Morgan fingerprint density at radius 1 is 1.53 bits per heavy atom. The monoisotopic (exact) mass is 234 g/mol. The van der Waals surface area contributed by atoms with Crippen molar-refractivity contribution in [3.05, 3.63) is 29.3 Å². The standard InChI is InChI=1S/C14H22N2O/c1-2-12(7-8-17)16-14-6-3-10-9-11(15)4-5-13(10)14/h4-5,9,12,14,16-17H,2-3,6-8,15H2,1H3. The maximum atomic E-state index is 9.02. The first-order valence-corrected chi connectivity index (χ1v) is 6.49. The summed E-state index contributed by atoms with van der Waals surface area (Å²) in [5.41, 5.74) is 9.41. The van der Waals surface area contributed by atoms with Gasteiger partial charge in [0.25, 0.3) is 0 Å². The van der Waals surface area contributed by atoms with Crippen LogP contribution in [0.15, 0.2) is 18.2 Å². The summed E-state index contributed by atoms with van der Waals surface area (Å²) in [6, 6.07) is 7.05. The largest absolute Gasteiger partial charge is 0.399 e. The van der Waals surface area contributed by atoms with E-state index in [9.17, 15) is 0 Å². The van der Waals surface area contributed by atoms with Crippen LogP contribution < -0.4 is 11.1 Å². The van der Waals surface area contributed by atoms with Gasteiger partial charge in [-0.2, -0.15) is 0 Å². The summed E-state index contributed by atoms with van der Waals surface area (Å²) in [4.78, 5) is 0. The fraction of sp³-hybridized carbons (Fsp3) is 0.571. The molecule has 0 heterocycles. The molecule has 0 spiro atoms. The van der Waals surface area contributed by atoms with Gasteiger partial charge in [-0.05, 0) is 48.9 Å². The van der Waals surface area contributed by atoms with Crippen molar-refractivity contribution in [1.82, 2.24) is 5.32 Å². The van der Waals surface area contributed by atoms with Gasteiger partial charge in [-0.3, -0.25) is 0 Å². The summed E-state index contributed by atoms with van der Waals surface area (Å²) in [7, 11) is 0. The van der Waals surface area contributed by atoms with Gasteiger partial charge in [-0.15, -0.1) is 0 Å². The Bertz CT molecular complexity index is 378. The summed E-state index contributed by atoms with van der Waals surface area (Å²) in [5, 5.41) is 12.7. The SMILES string of the molecule is CCC(CCO)NC1CCc2cc(N)ccc21. The van der Waals surface area contributed by atoms with Crippen molar-refractivity contribution in [2.45, 2.75) is 44.7 Å². The van der Waals surface area contributed by atoms with E-state index in [1.807, 2.05) is 6.07 Å². The van der Waals surface area contributed by atoms with Gasteiger partial charge in [-0.1, -0.05) is 13.0 Å². The number of hydrogen-bond acceptors (Lipinski definition) is 3. The number of fused-ring (bicyclic) bond motifs is 1. The molecular formula is C14H22N2O. The molecule has 17 heavy (non-hydrogen) atoms. The van der Waals surface area contributed by atoms with Crippen molar-refractivity contribution >= 4 is 5.69 Å². The molecule has 94 valence electrons. The van der Waals surface area contributed by atoms with Gasteiger partial charge in [-0.25, -0.2) is 0 Å². The molecule has 0 aliphatic heterocycles. The molecule has 1 aliphatic rings. The smallest absolute Gasteiger partial charge is 0.0445 e. The highest BCUT2D eigenvalue weighted by Gasteiger charge is 2.23. The topological polar surface area (TPSA) is 58.3 Å². The van der Waals surface area contributed by atoms with Gasteiger partial charge in [0.2, 0.25) is 0 Å². The highest BCUT2D eigenvalue weighted by atomic mass is 16.3. The number of hydrogen-bond donors (Lipinski definition) is 3. The minimum atomic E-state index is 0.257. The molecule has 0 aromatic heterocycles. The van der Waals surface area contributed by atoms with Gasteiger partial charge in [0, 0.05) is 24.4 Å². The molecule has 0 amide bonds. The maximum Gasteiger partial charge on any atom is 0.0445 e. The van der Waals surface area contributed by atoms with Crippen LogP contribution in [0.1, 0.15) is 43.4 Å². The normalized spacial score (nSPS) is 20.2. The Kier molecular flexibility index (Phi) is 4.02. The van der Waals surface area contributed by atoms with Crippen LogP contribution in [-0.4, -0.2) is 17.8 Å². The van der Waals surface area contributed by atoms with Crippen LogP contribution in [0.4, 0.5) is 5.69 Å². The van der Waals surface area contributed by atoms with E-state index >= 15 is 0 Å². The van der Waals surface area contributed by atoms with E-state index < -0.39 is 0 Å². The Balaban J connectivity index is 2.06. The van der Waals surface area contributed by atoms with E-state index in [1.165, 1.54) is 11.1 Å². The zero-order chi connectivity index (χ0) is 12.3. The molecule has 3 nitrogen and oxygen atoms in total. The predicted octanol–water partition coefficient (Wildman–Crippen LogP) is 2.01. The molecule has 0 saturated heterocycles. The molecule has 1 aromatic rings. The number of nitrogens with one attached hydrogen (secondary N) is 1. The number of nitrogens with two attached hydrogens (primary N) is 1. The average molecular weight is 234 g/mol. The number of aryl methyl sites for hydroxylation is 1. The molecular weight excluding hydrogens is 212 g/mol. The van der Waals surface area contributed by atoms with Crippen molar-refractivity contribution < 1.29 is 5.11 Å². The highest BCUT2D eigenvalue weighted by Crippen LogP contribution is 2.32. The van der Waals surface area contributed by atoms with Crippen LogP contribution in [0.5, 0.6) is 0 Å². The second kappa shape index (κ2) is 5.52. The molecule has 2 unspecified atom stereocenters. The Labute approximate surface area is 103 Å². The predicted molar refractivity (Wildman–Crippen MR) is 70.8 cm³/mol. The Morgan fingerprint density at radius 2 is 2.35 bits per heavy atom. The third kappa shape index (κ3) is 2.79. The fourth-order valence-electron chi connectivity index (χ4n) is 2.66. The minimum absolute atomic E-state index is 0.257. The number of rotatable bonds is 5. The van der Waals surface area contributed by atoms with Crippen LogP contribution in [0.3, 0.4) is 0 Å². The molecule has 0 fully saturated rings. The number of anilines is 1. The van der Waals surface area contributed by atoms with Gasteiger partial charge < -0.3 is 16.2 Å². The molecule has 1 aromatic carbocycles. The van der Waals surface area contributed by atoms with E-state index in [1.54, 1.807) is 0 Å². The molecule has 0 bridgehead atoms. The quantitative estimate of drug-likeness (QED) is 0.683. The summed E-state index contributed by atoms with van der Waals surface area (Å²) in [5.74, 6) is 0. The Morgan fingerprint density at radius 3 is 3.06 bits per heavy atom. The molecule has 2 rings (SSSR count). The van der Waals surface area contributed by atoms with E-state index in [0.29, 0.717) is 12.1 Å². The van der Waals surface area contributed by atoms with Gasteiger partial charge in [0.05, 0.1) is 0 Å². The number of aliphatic hydroxyl groups excluding tert-OH is 1. The molecule has 4 N–H and O–H groups in total. The summed E-state index contributed by atoms with van der Waals surface area (Å²) in [6.45, 7) is 2.42. The first-order chi connectivity index (χ1) is 8.24. The third-order valence-corrected chi connectivity index (χ3v) is 3.65. The Hall–Kier alpha value is -1.06. The second-order valence-corrected chi connectivity index (χ2v) is 4.83. The molecule has 0 radical (unpaired) electrons. The van der Waals surface area contributed by atoms with Crippen molar-refractivity contribution in [2.75, 3.05) is 12.3 Å². The summed E-state index contributed by atoms with van der Waals surface area (Å²) in [6.07, 6.45) is 4.13. The lowest BCUT2D eigenvalue weighted by atomic mass is 10.0. The van der Waals surface area contributed by atoms with Crippen molar-refractivity contribution in [1.29, 1.82) is 0 Å². The van der Waals surface area contributed by atoms with Crippen molar-refractivity contribution in [3.63, 3.8) is 0 Å². The minimum Gasteiger partial charge on any atom is -0.399 e. The lowest BCUT2D eigenvalue weighted by molar-refractivity contribution is 0.255. The van der Waals surface area contributed by atoms with Crippen LogP contribution >= 0.6 is 0 Å². The van der Waals surface area contributed by atoms with Crippen molar-refractivity contribution in [3.8, 4) is 0 Å². The summed E-state index contributed by atoms with van der Waals surface area (Å²) >= 11 is 0. The number of benzene rings is 1.